The first-order valence-electron chi connectivity index (χ1n) is 9.74. The average molecular weight is 406 g/mol. The molecule has 0 amide bonds. The van der Waals surface area contributed by atoms with Crippen LogP contribution in [0.3, 0.4) is 0 Å². The Kier molecular flexibility index (Phi) is 5.85. The number of hydrogen-bond donors (Lipinski definition) is 0. The Labute approximate surface area is 174 Å². The second-order valence-electron chi connectivity index (χ2n) is 6.96. The lowest BCUT2D eigenvalue weighted by molar-refractivity contribution is -0.385. The molecule has 1 aliphatic rings. The maximum atomic E-state index is 11.7. The van der Waals surface area contributed by atoms with Crippen molar-refractivity contribution in [2.75, 3.05) is 31.2 Å². The van der Waals surface area contributed by atoms with Crippen molar-refractivity contribution in [3.05, 3.63) is 76.0 Å². The first kappa shape index (κ1) is 19.8. The van der Waals surface area contributed by atoms with Crippen molar-refractivity contribution < 1.29 is 14.4 Å². The zero-order valence-corrected chi connectivity index (χ0v) is 16.7. The summed E-state index contributed by atoms with van der Waals surface area (Å²) in [6, 6.07) is 17.4. The van der Waals surface area contributed by atoms with Crippen molar-refractivity contribution in [3.63, 3.8) is 0 Å². The molecule has 1 aromatic heterocycles. The maximum Gasteiger partial charge on any atom is 0.332 e. The van der Waals surface area contributed by atoms with Crippen molar-refractivity contribution in [2.24, 2.45) is 0 Å². The molecule has 0 unspecified atom stereocenters. The first-order chi connectivity index (χ1) is 14.6. The molecule has 0 atom stereocenters. The SMILES string of the molecule is Cc1nc(-c2cccc(OCc3ccccc3)c2)nc(N2CCOCC2)c1[N+](=O)[O-]. The second-order valence-corrected chi connectivity index (χ2v) is 6.96. The van der Waals surface area contributed by atoms with Gasteiger partial charge >= 0.3 is 5.69 Å². The van der Waals surface area contributed by atoms with Gasteiger partial charge < -0.3 is 14.4 Å². The molecule has 1 fully saturated rings. The minimum Gasteiger partial charge on any atom is -0.489 e. The Morgan fingerprint density at radius 2 is 1.87 bits per heavy atom. The number of benzene rings is 2. The van der Waals surface area contributed by atoms with Gasteiger partial charge in [-0.2, -0.15) is 0 Å². The van der Waals surface area contributed by atoms with Crippen molar-refractivity contribution in [1.82, 2.24) is 9.97 Å². The fourth-order valence-corrected chi connectivity index (χ4v) is 3.36. The summed E-state index contributed by atoms with van der Waals surface area (Å²) >= 11 is 0. The number of hydrogen-bond acceptors (Lipinski definition) is 7. The third-order valence-electron chi connectivity index (χ3n) is 4.87. The molecule has 2 heterocycles. The number of rotatable bonds is 6. The van der Waals surface area contributed by atoms with Crippen LogP contribution < -0.4 is 9.64 Å². The Hall–Kier alpha value is -3.52. The molecule has 0 N–H and O–H groups in total. The van der Waals surface area contributed by atoms with E-state index < -0.39 is 4.92 Å². The largest absolute Gasteiger partial charge is 0.489 e. The quantitative estimate of drug-likeness (QED) is 0.454. The second kappa shape index (κ2) is 8.87. The number of morpholine rings is 1. The normalized spacial score (nSPS) is 13.8. The van der Waals surface area contributed by atoms with Crippen molar-refractivity contribution in [1.29, 1.82) is 0 Å². The molecule has 8 nitrogen and oxygen atoms in total. The van der Waals surface area contributed by atoms with Crippen LogP contribution in [-0.2, 0) is 11.3 Å². The molecule has 4 rings (SSSR count). The molecule has 0 bridgehead atoms. The van der Waals surface area contributed by atoms with Crippen LogP contribution in [0.4, 0.5) is 11.5 Å². The van der Waals surface area contributed by atoms with Gasteiger partial charge in [-0.05, 0) is 24.6 Å². The summed E-state index contributed by atoms with van der Waals surface area (Å²) in [4.78, 5) is 22.1. The summed E-state index contributed by atoms with van der Waals surface area (Å²) in [5.41, 5.74) is 2.09. The number of ether oxygens (including phenoxy) is 2. The lowest BCUT2D eigenvalue weighted by Crippen LogP contribution is -2.37. The summed E-state index contributed by atoms with van der Waals surface area (Å²) in [5.74, 6) is 1.45. The topological polar surface area (TPSA) is 90.6 Å². The van der Waals surface area contributed by atoms with Gasteiger partial charge in [0.05, 0.1) is 18.1 Å². The molecule has 2 aromatic carbocycles. The van der Waals surface area contributed by atoms with E-state index in [1.165, 1.54) is 0 Å². The third-order valence-corrected chi connectivity index (χ3v) is 4.87. The van der Waals surface area contributed by atoms with E-state index in [-0.39, 0.29) is 5.69 Å². The number of aromatic nitrogens is 2. The summed E-state index contributed by atoms with van der Waals surface area (Å²) in [6.07, 6.45) is 0. The highest BCUT2D eigenvalue weighted by Crippen LogP contribution is 2.32. The molecule has 0 saturated carbocycles. The van der Waals surface area contributed by atoms with E-state index in [1.54, 1.807) is 6.92 Å². The number of anilines is 1. The van der Waals surface area contributed by atoms with E-state index >= 15 is 0 Å². The Bertz CT molecular complexity index is 1040. The summed E-state index contributed by atoms with van der Waals surface area (Å²) < 4.78 is 11.3. The lowest BCUT2D eigenvalue weighted by atomic mass is 10.2. The van der Waals surface area contributed by atoms with Crippen molar-refractivity contribution >= 4 is 11.5 Å². The van der Waals surface area contributed by atoms with E-state index in [0.29, 0.717) is 56.0 Å². The van der Waals surface area contributed by atoms with E-state index in [2.05, 4.69) is 9.97 Å². The van der Waals surface area contributed by atoms with Crippen molar-refractivity contribution in [2.45, 2.75) is 13.5 Å². The zero-order valence-electron chi connectivity index (χ0n) is 16.7. The van der Waals surface area contributed by atoms with Gasteiger partial charge in [-0.1, -0.05) is 42.5 Å². The Morgan fingerprint density at radius 1 is 1.10 bits per heavy atom. The molecule has 8 heteroatoms. The van der Waals surface area contributed by atoms with Crippen LogP contribution in [0, 0.1) is 17.0 Å². The fourth-order valence-electron chi connectivity index (χ4n) is 3.36. The van der Waals surface area contributed by atoms with Crippen LogP contribution in [0.1, 0.15) is 11.3 Å². The highest BCUT2D eigenvalue weighted by atomic mass is 16.6. The van der Waals surface area contributed by atoms with Gasteiger partial charge in [-0.15, -0.1) is 0 Å². The van der Waals surface area contributed by atoms with Crippen LogP contribution >= 0.6 is 0 Å². The number of nitrogens with zero attached hydrogens (tertiary/aromatic N) is 4. The van der Waals surface area contributed by atoms with E-state index in [0.717, 1.165) is 11.1 Å². The van der Waals surface area contributed by atoms with Crippen LogP contribution in [0.5, 0.6) is 5.75 Å². The zero-order chi connectivity index (χ0) is 20.9. The molecular formula is C22H22N4O4. The molecule has 3 aromatic rings. The standard InChI is InChI=1S/C22H22N4O4/c1-16-20(26(27)28)22(25-10-12-29-13-11-25)24-21(23-16)18-8-5-9-19(14-18)30-15-17-6-3-2-4-7-17/h2-9,14H,10-13,15H2,1H3. The molecule has 1 saturated heterocycles. The molecule has 0 spiro atoms. The van der Waals surface area contributed by atoms with Gasteiger partial charge in [-0.25, -0.2) is 9.97 Å². The van der Waals surface area contributed by atoms with Gasteiger partial charge in [-0.3, -0.25) is 10.1 Å². The highest BCUT2D eigenvalue weighted by molar-refractivity contribution is 5.67. The molecule has 1 aliphatic heterocycles. The smallest absolute Gasteiger partial charge is 0.332 e. The molecular weight excluding hydrogens is 384 g/mol. The first-order valence-corrected chi connectivity index (χ1v) is 9.74. The Morgan fingerprint density at radius 3 is 2.60 bits per heavy atom. The molecule has 0 aliphatic carbocycles. The monoisotopic (exact) mass is 406 g/mol. The lowest BCUT2D eigenvalue weighted by Gasteiger charge is -2.27. The minimum atomic E-state index is -0.413. The number of nitro groups is 1. The van der Waals surface area contributed by atoms with E-state index in [4.69, 9.17) is 9.47 Å². The number of aryl methyl sites for hydroxylation is 1. The highest BCUT2D eigenvalue weighted by Gasteiger charge is 2.28. The fraction of sp³-hybridized carbons (Fsp3) is 0.273. The third kappa shape index (κ3) is 4.38. The molecule has 30 heavy (non-hydrogen) atoms. The van der Waals surface area contributed by atoms with Crippen molar-refractivity contribution in [3.8, 4) is 17.1 Å². The van der Waals surface area contributed by atoms with Gasteiger partial charge in [0.1, 0.15) is 18.1 Å². The van der Waals surface area contributed by atoms with E-state index in [9.17, 15) is 10.1 Å². The molecule has 0 radical (unpaired) electrons. The summed E-state index contributed by atoms with van der Waals surface area (Å²) in [5, 5.41) is 11.7. The van der Waals surface area contributed by atoms with Crippen LogP contribution in [0.2, 0.25) is 0 Å². The van der Waals surface area contributed by atoms with Gasteiger partial charge in [0, 0.05) is 18.7 Å². The van der Waals surface area contributed by atoms with Gasteiger partial charge in [0.15, 0.2) is 5.82 Å². The average Bonchev–Trinajstić information content (AvgIpc) is 2.78. The predicted molar refractivity (Wildman–Crippen MR) is 113 cm³/mol. The summed E-state index contributed by atoms with van der Waals surface area (Å²) in [6.45, 7) is 4.22. The van der Waals surface area contributed by atoms with Crippen LogP contribution in [-0.4, -0.2) is 41.2 Å². The van der Waals surface area contributed by atoms with Gasteiger partial charge in [0.2, 0.25) is 5.82 Å². The van der Waals surface area contributed by atoms with Crippen LogP contribution in [0.25, 0.3) is 11.4 Å². The predicted octanol–water partition coefficient (Wildman–Crippen LogP) is 3.78. The maximum absolute atomic E-state index is 11.7. The minimum absolute atomic E-state index is 0.0582. The van der Waals surface area contributed by atoms with E-state index in [1.807, 2.05) is 59.5 Å². The molecule has 154 valence electrons. The summed E-state index contributed by atoms with van der Waals surface area (Å²) in [7, 11) is 0. The van der Waals surface area contributed by atoms with Crippen LogP contribution in [0.15, 0.2) is 54.6 Å². The Balaban J connectivity index is 1.64. The van der Waals surface area contributed by atoms with Gasteiger partial charge in [0.25, 0.3) is 0 Å².